The molecule has 1 unspecified atom stereocenters. The van der Waals surface area contributed by atoms with E-state index in [-0.39, 0.29) is 6.42 Å². The summed E-state index contributed by atoms with van der Waals surface area (Å²) >= 11 is 0. The number of carboxylic acids is 1. The summed E-state index contributed by atoms with van der Waals surface area (Å²) in [4.78, 5) is 15.4. The van der Waals surface area contributed by atoms with Gasteiger partial charge in [-0.25, -0.2) is 0 Å². The zero-order chi connectivity index (χ0) is 14.5. The van der Waals surface area contributed by atoms with E-state index >= 15 is 0 Å². The van der Waals surface area contributed by atoms with Gasteiger partial charge in [-0.3, -0.25) is 4.79 Å². The smallest absolute Gasteiger partial charge is 0.307 e. The van der Waals surface area contributed by atoms with Crippen LogP contribution in [0.5, 0.6) is 0 Å². The maximum absolute atomic E-state index is 10.6. The van der Waals surface area contributed by atoms with Gasteiger partial charge in [-0.2, -0.15) is 0 Å². The van der Waals surface area contributed by atoms with Crippen LogP contribution in [0.3, 0.4) is 0 Å². The van der Waals surface area contributed by atoms with Crippen LogP contribution in [-0.4, -0.2) is 54.6 Å². The van der Waals surface area contributed by atoms with E-state index in [0.717, 1.165) is 24.6 Å². The molecule has 0 saturated carbocycles. The van der Waals surface area contributed by atoms with Gasteiger partial charge in [-0.05, 0) is 44.1 Å². The molecule has 0 spiro atoms. The monoisotopic (exact) mass is 276 g/mol. The lowest BCUT2D eigenvalue weighted by molar-refractivity contribution is -0.136. The number of likely N-dealkylation sites (tertiary alicyclic amines) is 1. The van der Waals surface area contributed by atoms with Crippen LogP contribution in [0, 0.1) is 5.92 Å². The molecule has 4 nitrogen and oxygen atoms in total. The quantitative estimate of drug-likeness (QED) is 0.859. The molecule has 1 aliphatic rings. The van der Waals surface area contributed by atoms with Gasteiger partial charge < -0.3 is 14.9 Å². The van der Waals surface area contributed by atoms with Gasteiger partial charge in [0.25, 0.3) is 0 Å². The van der Waals surface area contributed by atoms with Crippen LogP contribution >= 0.6 is 0 Å². The summed E-state index contributed by atoms with van der Waals surface area (Å²) in [7, 11) is 4.34. The molecule has 0 bridgehead atoms. The fourth-order valence-electron chi connectivity index (χ4n) is 2.93. The molecular weight excluding hydrogens is 252 g/mol. The maximum Gasteiger partial charge on any atom is 0.307 e. The average molecular weight is 276 g/mol. The highest BCUT2D eigenvalue weighted by Crippen LogP contribution is 2.16. The van der Waals surface area contributed by atoms with Crippen molar-refractivity contribution in [3.05, 3.63) is 35.4 Å². The van der Waals surface area contributed by atoms with E-state index in [1.165, 1.54) is 25.1 Å². The minimum atomic E-state index is -0.778. The van der Waals surface area contributed by atoms with Gasteiger partial charge in [0.2, 0.25) is 0 Å². The van der Waals surface area contributed by atoms with Gasteiger partial charge in [0, 0.05) is 19.6 Å². The average Bonchev–Trinajstić information content (AvgIpc) is 2.76. The predicted octanol–water partition coefficient (Wildman–Crippen LogP) is 1.70. The molecule has 110 valence electrons. The third-order valence-corrected chi connectivity index (χ3v) is 3.89. The van der Waals surface area contributed by atoms with Crippen LogP contribution in [-0.2, 0) is 17.8 Å². The van der Waals surface area contributed by atoms with Crippen LogP contribution in [0.1, 0.15) is 17.5 Å². The molecule has 1 aromatic carbocycles. The fraction of sp³-hybridized carbons (Fsp3) is 0.562. The SMILES string of the molecule is CN1CCC(CN(C)Cc2ccc(CC(=O)O)cc2)C1. The second-order valence-electron chi connectivity index (χ2n) is 6.00. The van der Waals surface area contributed by atoms with E-state index in [2.05, 4.69) is 23.9 Å². The molecule has 1 atom stereocenters. The van der Waals surface area contributed by atoms with Crippen molar-refractivity contribution < 1.29 is 9.90 Å². The number of carbonyl (C=O) groups is 1. The Morgan fingerprint density at radius 1 is 1.35 bits per heavy atom. The molecule has 4 heteroatoms. The van der Waals surface area contributed by atoms with Gasteiger partial charge in [0.05, 0.1) is 6.42 Å². The van der Waals surface area contributed by atoms with E-state index in [4.69, 9.17) is 5.11 Å². The minimum absolute atomic E-state index is 0.102. The molecule has 1 N–H and O–H groups in total. The van der Waals surface area contributed by atoms with Crippen molar-refractivity contribution in [2.24, 2.45) is 5.92 Å². The third kappa shape index (κ3) is 4.62. The van der Waals surface area contributed by atoms with Gasteiger partial charge >= 0.3 is 5.97 Å². The molecule has 0 radical (unpaired) electrons. The van der Waals surface area contributed by atoms with E-state index in [0.29, 0.717) is 0 Å². The summed E-state index contributed by atoms with van der Waals surface area (Å²) in [6.45, 7) is 4.46. The molecule has 1 aromatic rings. The van der Waals surface area contributed by atoms with E-state index < -0.39 is 5.97 Å². The van der Waals surface area contributed by atoms with Gasteiger partial charge in [-0.1, -0.05) is 24.3 Å². The Morgan fingerprint density at radius 2 is 2.00 bits per heavy atom. The molecule has 20 heavy (non-hydrogen) atoms. The van der Waals surface area contributed by atoms with Crippen molar-refractivity contribution in [3.8, 4) is 0 Å². The summed E-state index contributed by atoms with van der Waals surface area (Å²) in [5, 5.41) is 8.75. The van der Waals surface area contributed by atoms with Crippen LogP contribution in [0.4, 0.5) is 0 Å². The summed E-state index contributed by atoms with van der Waals surface area (Å²) in [5.41, 5.74) is 2.11. The van der Waals surface area contributed by atoms with E-state index in [1.54, 1.807) is 0 Å². The molecular formula is C16H24N2O2. The highest BCUT2D eigenvalue weighted by atomic mass is 16.4. The molecule has 2 rings (SSSR count). The highest BCUT2D eigenvalue weighted by Gasteiger charge is 2.20. The predicted molar refractivity (Wildman–Crippen MR) is 79.7 cm³/mol. The number of rotatable bonds is 6. The van der Waals surface area contributed by atoms with Crippen LogP contribution in [0.25, 0.3) is 0 Å². The zero-order valence-electron chi connectivity index (χ0n) is 12.4. The summed E-state index contributed by atoms with van der Waals surface area (Å²) in [6, 6.07) is 7.91. The topological polar surface area (TPSA) is 43.8 Å². The number of hydrogen-bond donors (Lipinski definition) is 1. The Kier molecular flexibility index (Phi) is 5.15. The van der Waals surface area contributed by atoms with Crippen molar-refractivity contribution in [2.45, 2.75) is 19.4 Å². The zero-order valence-corrected chi connectivity index (χ0v) is 12.4. The number of hydrogen-bond acceptors (Lipinski definition) is 3. The Labute approximate surface area is 121 Å². The molecule has 1 fully saturated rings. The van der Waals surface area contributed by atoms with Gasteiger partial charge in [0.1, 0.15) is 0 Å². The number of aliphatic carboxylic acids is 1. The summed E-state index contributed by atoms with van der Waals surface area (Å²) < 4.78 is 0. The van der Waals surface area contributed by atoms with Crippen molar-refractivity contribution in [2.75, 3.05) is 33.7 Å². The Bertz CT molecular complexity index is 444. The second kappa shape index (κ2) is 6.86. The highest BCUT2D eigenvalue weighted by molar-refractivity contribution is 5.70. The Balaban J connectivity index is 1.81. The second-order valence-corrected chi connectivity index (χ2v) is 6.00. The first-order valence-electron chi connectivity index (χ1n) is 7.19. The molecule has 0 aromatic heterocycles. The van der Waals surface area contributed by atoms with E-state index in [9.17, 15) is 4.79 Å². The minimum Gasteiger partial charge on any atom is -0.481 e. The lowest BCUT2D eigenvalue weighted by Gasteiger charge is -2.21. The lowest BCUT2D eigenvalue weighted by atomic mass is 10.1. The maximum atomic E-state index is 10.6. The molecule has 1 heterocycles. The van der Waals surface area contributed by atoms with Crippen molar-refractivity contribution in [3.63, 3.8) is 0 Å². The van der Waals surface area contributed by atoms with Crippen molar-refractivity contribution >= 4 is 5.97 Å². The molecule has 1 aliphatic heterocycles. The first-order chi connectivity index (χ1) is 9.52. The normalized spacial score (nSPS) is 19.6. The van der Waals surface area contributed by atoms with Crippen molar-refractivity contribution in [1.29, 1.82) is 0 Å². The number of benzene rings is 1. The largest absolute Gasteiger partial charge is 0.481 e. The fourth-order valence-corrected chi connectivity index (χ4v) is 2.93. The standard InChI is InChI=1S/C16H24N2O2/c1-17-8-7-15(11-17)12-18(2)10-14-5-3-13(4-6-14)9-16(19)20/h3-6,15H,7-12H2,1-2H3,(H,19,20). The van der Waals surface area contributed by atoms with Gasteiger partial charge in [-0.15, -0.1) is 0 Å². The number of carboxylic acid groups (broad SMARTS) is 1. The van der Waals surface area contributed by atoms with Crippen molar-refractivity contribution in [1.82, 2.24) is 9.80 Å². The molecule has 0 aliphatic carbocycles. The number of nitrogens with zero attached hydrogens (tertiary/aromatic N) is 2. The summed E-state index contributed by atoms with van der Waals surface area (Å²) in [6.07, 6.45) is 1.39. The lowest BCUT2D eigenvalue weighted by Crippen LogP contribution is -2.27. The van der Waals surface area contributed by atoms with E-state index in [1.807, 2.05) is 24.3 Å². The first-order valence-corrected chi connectivity index (χ1v) is 7.19. The van der Waals surface area contributed by atoms with Gasteiger partial charge in [0.15, 0.2) is 0 Å². The Morgan fingerprint density at radius 3 is 2.55 bits per heavy atom. The van der Waals surface area contributed by atoms with Crippen LogP contribution in [0.2, 0.25) is 0 Å². The molecule has 1 saturated heterocycles. The van der Waals surface area contributed by atoms with Crippen LogP contribution < -0.4 is 0 Å². The first kappa shape index (κ1) is 15.0. The Hall–Kier alpha value is -1.39. The van der Waals surface area contributed by atoms with Crippen LogP contribution in [0.15, 0.2) is 24.3 Å². The molecule has 0 amide bonds. The third-order valence-electron chi connectivity index (χ3n) is 3.89. The summed E-state index contributed by atoms with van der Waals surface area (Å²) in [5.74, 6) is -0.00324.